The van der Waals surface area contributed by atoms with Crippen LogP contribution in [0.3, 0.4) is 0 Å². The van der Waals surface area contributed by atoms with Gasteiger partial charge in [0.25, 0.3) is 0 Å². The molecule has 31 heavy (non-hydrogen) atoms. The van der Waals surface area contributed by atoms with E-state index in [2.05, 4.69) is 42.5 Å². The molecule has 0 saturated carbocycles. The van der Waals surface area contributed by atoms with E-state index in [0.29, 0.717) is 19.8 Å². The van der Waals surface area contributed by atoms with Crippen LogP contribution in [0.25, 0.3) is 10.2 Å². The van der Waals surface area contributed by atoms with E-state index in [1.165, 1.54) is 15.2 Å². The van der Waals surface area contributed by atoms with E-state index >= 15 is 0 Å². The highest BCUT2D eigenvalue weighted by Crippen LogP contribution is 2.47. The van der Waals surface area contributed by atoms with E-state index in [1.54, 1.807) is 42.8 Å². The van der Waals surface area contributed by atoms with Gasteiger partial charge in [-0.25, -0.2) is 4.98 Å². The van der Waals surface area contributed by atoms with E-state index in [1.807, 2.05) is 26.8 Å². The lowest BCUT2D eigenvalue weighted by molar-refractivity contribution is 0.0708. The van der Waals surface area contributed by atoms with Gasteiger partial charge in [-0.15, -0.1) is 11.3 Å². The second-order valence-electron chi connectivity index (χ2n) is 6.63. The molecular weight excluding hydrogens is 483 g/mol. The van der Waals surface area contributed by atoms with Crippen molar-refractivity contribution in [3.05, 3.63) is 54.1 Å². The summed E-state index contributed by atoms with van der Waals surface area (Å²) in [7, 11) is 2.73. The second kappa shape index (κ2) is 13.2. The molecule has 4 nitrogen and oxygen atoms in total. The minimum atomic E-state index is -2.58. The van der Waals surface area contributed by atoms with Gasteiger partial charge >= 0.3 is 8.80 Å². The van der Waals surface area contributed by atoms with E-state index < -0.39 is 8.80 Å². The number of aryl methyl sites for hydroxylation is 1. The van der Waals surface area contributed by atoms with Crippen LogP contribution in [0.1, 0.15) is 32.8 Å². The number of para-hydroxylation sites is 1. The molecule has 3 rings (SSSR count). The van der Waals surface area contributed by atoms with E-state index in [0.717, 1.165) is 28.7 Å². The third-order valence-corrected chi connectivity index (χ3v) is 12.9. The lowest BCUT2D eigenvalue weighted by atomic mass is 10.1. The van der Waals surface area contributed by atoms with Crippen LogP contribution in [-0.2, 0) is 19.7 Å². The molecule has 0 aliphatic carbocycles. The molecule has 0 atom stereocenters. The number of rotatable bonds is 14. The third kappa shape index (κ3) is 7.50. The molecular formula is C22H29NO3S4Si. The minimum Gasteiger partial charge on any atom is -0.374 e. The number of hydrogen-bond donors (Lipinski definition) is 0. The highest BCUT2D eigenvalue weighted by atomic mass is 33.5. The summed E-state index contributed by atoms with van der Waals surface area (Å²) in [6, 6.07) is 17.8. The third-order valence-electron chi connectivity index (χ3n) is 4.50. The van der Waals surface area contributed by atoms with E-state index in [-0.39, 0.29) is 0 Å². The summed E-state index contributed by atoms with van der Waals surface area (Å²) in [5.41, 5.74) is 2.43. The first kappa shape index (κ1) is 25.1. The normalized spacial score (nSPS) is 12.0. The summed E-state index contributed by atoms with van der Waals surface area (Å²) in [5.74, 6) is 0. The second-order valence-corrected chi connectivity index (χ2v) is 14.6. The Bertz CT molecular complexity index is 890. The van der Waals surface area contributed by atoms with E-state index in [9.17, 15) is 0 Å². The van der Waals surface area contributed by atoms with Crippen LogP contribution >= 0.6 is 42.8 Å². The zero-order valence-corrected chi connectivity index (χ0v) is 22.4. The van der Waals surface area contributed by atoms with Crippen molar-refractivity contribution in [1.82, 2.24) is 4.98 Å². The fourth-order valence-corrected chi connectivity index (χ4v) is 11.3. The van der Waals surface area contributed by atoms with Gasteiger partial charge in [-0.1, -0.05) is 30.3 Å². The molecule has 0 radical (unpaired) electrons. The zero-order valence-electron chi connectivity index (χ0n) is 18.2. The van der Waals surface area contributed by atoms with Crippen molar-refractivity contribution in [3.8, 4) is 0 Å². The lowest BCUT2D eigenvalue weighted by Gasteiger charge is -2.28. The topological polar surface area (TPSA) is 40.6 Å². The lowest BCUT2D eigenvalue weighted by Crippen LogP contribution is -2.46. The van der Waals surface area contributed by atoms with Crippen LogP contribution in [0, 0.1) is 0 Å². The zero-order chi connectivity index (χ0) is 21.9. The van der Waals surface area contributed by atoms with Crippen molar-refractivity contribution in [3.63, 3.8) is 0 Å². The van der Waals surface area contributed by atoms with Crippen molar-refractivity contribution in [2.24, 2.45) is 0 Å². The maximum atomic E-state index is 5.99. The Morgan fingerprint density at radius 3 is 2.26 bits per heavy atom. The molecule has 9 heteroatoms. The van der Waals surface area contributed by atoms with Gasteiger partial charge in [-0.05, 0) is 88.8 Å². The molecule has 1 heterocycles. The molecule has 0 aliphatic rings. The summed E-state index contributed by atoms with van der Waals surface area (Å²) in [6.07, 6.45) is 1.97. The molecule has 0 amide bonds. The molecule has 1 aromatic heterocycles. The van der Waals surface area contributed by atoms with Crippen LogP contribution in [0.5, 0.6) is 0 Å². The minimum absolute atomic E-state index is 0.623. The van der Waals surface area contributed by atoms with Crippen LogP contribution in [0.4, 0.5) is 0 Å². The van der Waals surface area contributed by atoms with E-state index in [4.69, 9.17) is 18.3 Å². The van der Waals surface area contributed by atoms with Gasteiger partial charge < -0.3 is 13.3 Å². The van der Waals surface area contributed by atoms with Crippen molar-refractivity contribution < 1.29 is 13.3 Å². The molecule has 0 fully saturated rings. The van der Waals surface area contributed by atoms with Gasteiger partial charge in [0.1, 0.15) is 0 Å². The fourth-order valence-electron chi connectivity index (χ4n) is 3.26. The van der Waals surface area contributed by atoms with Gasteiger partial charge in [-0.3, -0.25) is 0 Å². The highest BCUT2D eigenvalue weighted by Gasteiger charge is 2.39. The molecule has 168 valence electrons. The average molecular weight is 512 g/mol. The largest absolute Gasteiger partial charge is 0.500 e. The quantitative estimate of drug-likeness (QED) is 0.162. The van der Waals surface area contributed by atoms with Crippen LogP contribution < -0.4 is 0 Å². The molecule has 0 unspecified atom stereocenters. The summed E-state index contributed by atoms with van der Waals surface area (Å²) in [6.45, 7) is 7.89. The Balaban J connectivity index is 1.55. The van der Waals surface area contributed by atoms with Crippen molar-refractivity contribution in [2.45, 2.75) is 48.9 Å². The Hall–Kier alpha value is -0.523. The molecule has 0 saturated heterocycles. The predicted octanol–water partition coefficient (Wildman–Crippen LogP) is 7.72. The summed E-state index contributed by atoms with van der Waals surface area (Å²) >= 11 is 1.75. The maximum Gasteiger partial charge on any atom is 0.500 e. The Morgan fingerprint density at radius 2 is 1.55 bits per heavy atom. The summed E-state index contributed by atoms with van der Waals surface area (Å²) in [4.78, 5) is 6.01. The average Bonchev–Trinajstić information content (AvgIpc) is 3.18. The van der Waals surface area contributed by atoms with Gasteiger partial charge in [-0.2, -0.15) is 0 Å². The highest BCUT2D eigenvalue weighted by molar-refractivity contribution is 9.09. The molecule has 0 bridgehead atoms. The smallest absolute Gasteiger partial charge is 0.374 e. The standard InChI is InChI=1S/C22H29NO3S4Si/c1-4-24-31(25-5-2,26-6-3)17-11-13-18-12-7-9-15-20(18)28-30-29-22-23-19-14-8-10-16-21(19)27-22/h7-10,12,14-16H,4-6,11,13,17H2,1-3H3. The fraction of sp³-hybridized carbons (Fsp3) is 0.409. The van der Waals surface area contributed by atoms with Gasteiger partial charge in [0.2, 0.25) is 0 Å². The van der Waals surface area contributed by atoms with Crippen molar-refractivity contribution in [1.29, 1.82) is 0 Å². The molecule has 0 spiro atoms. The Morgan fingerprint density at radius 1 is 0.871 bits per heavy atom. The Kier molecular flexibility index (Phi) is 10.7. The molecule has 0 aliphatic heterocycles. The SMILES string of the molecule is CCO[Si](CCCc1ccccc1SSSc1nc2ccccc2s1)(OCC)OCC. The molecule has 0 N–H and O–H groups in total. The van der Waals surface area contributed by atoms with Crippen molar-refractivity contribution >= 4 is 61.8 Å². The summed E-state index contributed by atoms with van der Waals surface area (Å²) < 4.78 is 20.3. The summed E-state index contributed by atoms with van der Waals surface area (Å²) in [5, 5.41) is 0. The molecule has 3 aromatic rings. The Labute approximate surface area is 202 Å². The maximum absolute atomic E-state index is 5.99. The number of benzene rings is 2. The number of thiazole rings is 1. The van der Waals surface area contributed by atoms with Gasteiger partial charge in [0, 0.05) is 30.8 Å². The van der Waals surface area contributed by atoms with Crippen LogP contribution in [-0.4, -0.2) is 33.6 Å². The number of hydrogen-bond acceptors (Lipinski definition) is 8. The number of nitrogens with zero attached hydrogens (tertiary/aromatic N) is 1. The van der Waals surface area contributed by atoms with Gasteiger partial charge in [0.15, 0.2) is 4.34 Å². The van der Waals surface area contributed by atoms with Gasteiger partial charge in [0.05, 0.1) is 10.2 Å². The monoisotopic (exact) mass is 511 g/mol. The first-order valence-corrected chi connectivity index (χ1v) is 16.8. The first-order valence-electron chi connectivity index (χ1n) is 10.6. The number of fused-ring (bicyclic) bond motifs is 1. The number of aromatic nitrogens is 1. The predicted molar refractivity (Wildman–Crippen MR) is 139 cm³/mol. The van der Waals surface area contributed by atoms with Crippen LogP contribution in [0.15, 0.2) is 57.8 Å². The first-order chi connectivity index (χ1) is 15.2. The van der Waals surface area contributed by atoms with Crippen molar-refractivity contribution in [2.75, 3.05) is 19.8 Å². The van der Waals surface area contributed by atoms with Crippen LogP contribution in [0.2, 0.25) is 6.04 Å². The molecule has 2 aromatic carbocycles.